The van der Waals surface area contributed by atoms with Crippen molar-refractivity contribution < 1.29 is 19.0 Å². The average Bonchev–Trinajstić information content (AvgIpc) is 2.62. The number of anilines is 1. The van der Waals surface area contributed by atoms with E-state index in [1.54, 1.807) is 42.5 Å². The predicted octanol–water partition coefficient (Wildman–Crippen LogP) is 3.77. The lowest BCUT2D eigenvalue weighted by Crippen LogP contribution is -2.37. The number of hydrogen-bond donors (Lipinski definition) is 2. The number of rotatable bonds is 5. The van der Waals surface area contributed by atoms with Crippen molar-refractivity contribution in [2.45, 2.75) is 19.4 Å². The van der Waals surface area contributed by atoms with E-state index < -0.39 is 11.6 Å². The van der Waals surface area contributed by atoms with E-state index in [1.165, 1.54) is 26.0 Å². The van der Waals surface area contributed by atoms with Crippen LogP contribution in [0, 0.1) is 5.82 Å². The molecule has 6 nitrogen and oxygen atoms in total. The minimum atomic E-state index is -1.34. The number of nitrogen functional groups attached to an aromatic ring is 1. The van der Waals surface area contributed by atoms with E-state index >= 15 is 0 Å². The second-order valence-corrected chi connectivity index (χ2v) is 6.45. The molecule has 0 saturated carbocycles. The first-order chi connectivity index (χ1) is 12.7. The molecule has 2 aromatic carbocycles. The number of nitrogens with two attached hydrogens (primary N) is 1. The second kappa shape index (κ2) is 7.03. The molecule has 3 aromatic rings. The van der Waals surface area contributed by atoms with Gasteiger partial charge in [-0.15, -0.1) is 0 Å². The molecule has 27 heavy (non-hydrogen) atoms. The molecule has 0 amide bonds. The van der Waals surface area contributed by atoms with Crippen LogP contribution in [0.4, 0.5) is 10.3 Å². The number of carbonyl (C=O) groups is 1. The molecule has 0 unspecified atom stereocenters. The summed E-state index contributed by atoms with van der Waals surface area (Å²) < 4.78 is 18.6. The zero-order valence-corrected chi connectivity index (χ0v) is 14.8. The van der Waals surface area contributed by atoms with Crippen LogP contribution in [0.1, 0.15) is 13.8 Å². The molecule has 0 aliphatic carbocycles. The molecular formula is C20H18FN3O3. The second-order valence-electron chi connectivity index (χ2n) is 6.45. The van der Waals surface area contributed by atoms with Gasteiger partial charge in [-0.25, -0.2) is 19.2 Å². The zero-order valence-electron chi connectivity index (χ0n) is 14.8. The number of ether oxygens (including phenoxy) is 1. The van der Waals surface area contributed by atoms with Crippen LogP contribution in [-0.4, -0.2) is 26.6 Å². The Labute approximate surface area is 155 Å². The third-order valence-electron chi connectivity index (χ3n) is 3.92. The van der Waals surface area contributed by atoms with Gasteiger partial charge >= 0.3 is 5.97 Å². The van der Waals surface area contributed by atoms with Crippen molar-refractivity contribution in [2.75, 3.05) is 5.73 Å². The summed E-state index contributed by atoms with van der Waals surface area (Å²) in [6.07, 6.45) is 0. The van der Waals surface area contributed by atoms with Crippen LogP contribution >= 0.6 is 0 Å². The highest BCUT2D eigenvalue weighted by atomic mass is 19.1. The van der Waals surface area contributed by atoms with Crippen molar-refractivity contribution >= 4 is 11.9 Å². The molecule has 0 spiro atoms. The summed E-state index contributed by atoms with van der Waals surface area (Å²) in [5.41, 5.74) is 7.13. The van der Waals surface area contributed by atoms with Crippen molar-refractivity contribution in [3.63, 3.8) is 0 Å². The third kappa shape index (κ3) is 4.20. The van der Waals surface area contributed by atoms with Crippen molar-refractivity contribution in [2.24, 2.45) is 0 Å². The molecule has 0 bridgehead atoms. The van der Waals surface area contributed by atoms with E-state index in [9.17, 15) is 9.18 Å². The number of carboxylic acid groups (broad SMARTS) is 1. The fraction of sp³-hybridized carbons (Fsp3) is 0.150. The molecule has 0 aliphatic heterocycles. The first-order valence-electron chi connectivity index (χ1n) is 8.18. The highest BCUT2D eigenvalue weighted by Gasteiger charge is 2.29. The third-order valence-corrected chi connectivity index (χ3v) is 3.92. The van der Waals surface area contributed by atoms with Crippen LogP contribution in [-0.2, 0) is 4.79 Å². The summed E-state index contributed by atoms with van der Waals surface area (Å²) in [7, 11) is 0. The molecule has 138 valence electrons. The summed E-state index contributed by atoms with van der Waals surface area (Å²) in [5, 5.41) is 9.14. The predicted molar refractivity (Wildman–Crippen MR) is 99.6 cm³/mol. The van der Waals surface area contributed by atoms with Crippen LogP contribution in [0.25, 0.3) is 22.5 Å². The quantitative estimate of drug-likeness (QED) is 0.712. The molecule has 3 N–H and O–H groups in total. The highest BCUT2D eigenvalue weighted by molar-refractivity contribution is 5.77. The van der Waals surface area contributed by atoms with Crippen LogP contribution < -0.4 is 10.5 Å². The zero-order chi connectivity index (χ0) is 19.6. The number of aliphatic carboxylic acids is 1. The molecule has 1 heterocycles. The first-order valence-corrected chi connectivity index (χ1v) is 8.18. The van der Waals surface area contributed by atoms with Gasteiger partial charge in [0.25, 0.3) is 0 Å². The molecule has 0 fully saturated rings. The molecular weight excluding hydrogens is 349 g/mol. The van der Waals surface area contributed by atoms with Gasteiger partial charge in [-0.05, 0) is 68.4 Å². The highest BCUT2D eigenvalue weighted by Crippen LogP contribution is 2.27. The average molecular weight is 367 g/mol. The fourth-order valence-electron chi connectivity index (χ4n) is 2.41. The molecule has 0 saturated heterocycles. The van der Waals surface area contributed by atoms with Crippen molar-refractivity contribution in [1.29, 1.82) is 0 Å². The van der Waals surface area contributed by atoms with Crippen LogP contribution in [0.3, 0.4) is 0 Å². The van der Waals surface area contributed by atoms with Crippen LogP contribution in [0.5, 0.6) is 5.75 Å². The van der Waals surface area contributed by atoms with Crippen LogP contribution in [0.15, 0.2) is 54.6 Å². The lowest BCUT2D eigenvalue weighted by molar-refractivity contribution is -0.152. The Hall–Kier alpha value is -3.48. The van der Waals surface area contributed by atoms with E-state index in [-0.39, 0.29) is 11.8 Å². The summed E-state index contributed by atoms with van der Waals surface area (Å²) in [6.45, 7) is 2.95. The van der Waals surface area contributed by atoms with Gasteiger partial charge in [0.1, 0.15) is 11.6 Å². The van der Waals surface area contributed by atoms with E-state index in [0.717, 1.165) is 11.1 Å². The van der Waals surface area contributed by atoms with Gasteiger partial charge in [-0.1, -0.05) is 0 Å². The maximum Gasteiger partial charge on any atom is 0.347 e. The number of aromatic nitrogens is 2. The molecule has 0 radical (unpaired) electrons. The minimum Gasteiger partial charge on any atom is -0.478 e. The Kier molecular flexibility index (Phi) is 4.77. The smallest absolute Gasteiger partial charge is 0.347 e. The lowest BCUT2D eigenvalue weighted by atomic mass is 10.1. The van der Waals surface area contributed by atoms with E-state index in [1.807, 2.05) is 0 Å². The van der Waals surface area contributed by atoms with Gasteiger partial charge in [0.05, 0.1) is 11.4 Å². The SMILES string of the molecule is CC(C)(Oc1ccc(-c2cc(-c3ccc(F)cc3)nc(N)n2)cc1)C(=O)O. The van der Waals surface area contributed by atoms with Gasteiger partial charge in [0.2, 0.25) is 5.95 Å². The molecule has 1 aromatic heterocycles. The van der Waals surface area contributed by atoms with Crippen molar-refractivity contribution in [1.82, 2.24) is 9.97 Å². The molecule has 0 atom stereocenters. The van der Waals surface area contributed by atoms with Gasteiger partial charge in [-0.3, -0.25) is 0 Å². The van der Waals surface area contributed by atoms with Crippen LogP contribution in [0.2, 0.25) is 0 Å². The number of hydrogen-bond acceptors (Lipinski definition) is 5. The van der Waals surface area contributed by atoms with E-state index in [0.29, 0.717) is 17.1 Å². The molecule has 3 rings (SSSR count). The summed E-state index contributed by atoms with van der Waals surface area (Å²) in [4.78, 5) is 19.6. The minimum absolute atomic E-state index is 0.0964. The number of nitrogens with zero attached hydrogens (tertiary/aromatic N) is 2. The Morgan fingerprint density at radius 1 is 1.00 bits per heavy atom. The summed E-state index contributed by atoms with van der Waals surface area (Å²) in [6, 6.07) is 14.5. The summed E-state index contributed by atoms with van der Waals surface area (Å²) in [5.74, 6) is -0.869. The maximum absolute atomic E-state index is 13.1. The van der Waals surface area contributed by atoms with Crippen molar-refractivity contribution in [3.8, 4) is 28.3 Å². The monoisotopic (exact) mass is 367 g/mol. The van der Waals surface area contributed by atoms with Gasteiger partial charge < -0.3 is 15.6 Å². The Balaban J connectivity index is 1.90. The maximum atomic E-state index is 13.1. The van der Waals surface area contributed by atoms with Gasteiger partial charge in [0, 0.05) is 11.1 Å². The Bertz CT molecular complexity index is 971. The molecule has 7 heteroatoms. The number of halogens is 1. The number of benzene rings is 2. The van der Waals surface area contributed by atoms with E-state index in [2.05, 4.69) is 9.97 Å². The Morgan fingerprint density at radius 3 is 1.96 bits per heavy atom. The van der Waals surface area contributed by atoms with Gasteiger partial charge in [0.15, 0.2) is 5.60 Å². The topological polar surface area (TPSA) is 98.3 Å². The fourth-order valence-corrected chi connectivity index (χ4v) is 2.41. The van der Waals surface area contributed by atoms with E-state index in [4.69, 9.17) is 15.6 Å². The largest absolute Gasteiger partial charge is 0.478 e. The Morgan fingerprint density at radius 2 is 1.48 bits per heavy atom. The normalized spacial score (nSPS) is 11.2. The van der Waals surface area contributed by atoms with Crippen molar-refractivity contribution in [3.05, 3.63) is 60.4 Å². The first kappa shape index (κ1) is 18.3. The summed E-state index contributed by atoms with van der Waals surface area (Å²) >= 11 is 0. The number of carboxylic acids is 1. The lowest BCUT2D eigenvalue weighted by Gasteiger charge is -2.21. The van der Waals surface area contributed by atoms with Gasteiger partial charge in [-0.2, -0.15) is 0 Å². The molecule has 0 aliphatic rings. The standard InChI is InChI=1S/C20H18FN3O3/c1-20(2,18(25)26)27-15-9-5-13(6-10-15)17-11-16(23-19(22)24-17)12-3-7-14(21)8-4-12/h3-11H,1-2H3,(H,25,26)(H2,22,23,24).